The molecule has 0 heterocycles. The number of hydrogen-bond donors (Lipinski definition) is 0. The Balaban J connectivity index is 0.000000395. The first-order chi connectivity index (χ1) is 12.7. The van der Waals surface area contributed by atoms with Gasteiger partial charge in [0.05, 0.1) is 0 Å². The first-order valence-electron chi connectivity index (χ1n) is 8.88. The predicted molar refractivity (Wildman–Crippen MR) is 132 cm³/mol. The quantitative estimate of drug-likeness (QED) is 0.320. The van der Waals surface area contributed by atoms with E-state index in [9.17, 15) is 0 Å². The fourth-order valence-corrected chi connectivity index (χ4v) is 5.11. The molecule has 0 aliphatic carbocycles. The molecule has 0 amide bonds. The Hall–Kier alpha value is -0.990. The van der Waals surface area contributed by atoms with Gasteiger partial charge < -0.3 is 4.90 Å². The zero-order valence-corrected chi connectivity index (χ0v) is 20.2. The van der Waals surface area contributed by atoms with Gasteiger partial charge in [-0.25, -0.2) is 0 Å². The number of alkyl halides is 1. The summed E-state index contributed by atoms with van der Waals surface area (Å²) in [6, 6.07) is 32.3. The van der Waals surface area contributed by atoms with E-state index < -0.39 is 7.92 Å². The maximum absolute atomic E-state index is 3.35. The summed E-state index contributed by atoms with van der Waals surface area (Å²) in [6.07, 6.45) is 1.24. The van der Waals surface area contributed by atoms with E-state index in [1.165, 1.54) is 28.9 Å². The lowest BCUT2D eigenvalue weighted by Crippen LogP contribution is -2.20. The van der Waals surface area contributed by atoms with Crippen LogP contribution in [0.2, 0.25) is 0 Å². The van der Waals surface area contributed by atoms with E-state index in [0.717, 1.165) is 5.33 Å². The van der Waals surface area contributed by atoms with E-state index in [2.05, 4.69) is 126 Å². The second-order valence-corrected chi connectivity index (χ2v) is 9.20. The smallest absolute Gasteiger partial charge is 0.00434 e. The average molecular weight is 509 g/mol. The molecule has 0 radical (unpaired) electrons. The fraction of sp³-hybridized carbons (Fsp3) is 0.217. The van der Waals surface area contributed by atoms with Crippen molar-refractivity contribution in [2.45, 2.75) is 6.42 Å². The van der Waals surface area contributed by atoms with Crippen molar-refractivity contribution in [2.24, 2.45) is 0 Å². The molecule has 0 spiro atoms. The van der Waals surface area contributed by atoms with Gasteiger partial charge in [0.2, 0.25) is 0 Å². The molecule has 0 aliphatic rings. The molecule has 0 fully saturated rings. The van der Waals surface area contributed by atoms with Crippen molar-refractivity contribution in [3.63, 3.8) is 0 Å². The van der Waals surface area contributed by atoms with Crippen molar-refractivity contribution in [1.29, 1.82) is 0 Å². The van der Waals surface area contributed by atoms with Crippen LogP contribution in [-0.2, 0) is 0 Å². The third-order valence-electron chi connectivity index (χ3n) is 3.78. The topological polar surface area (TPSA) is 3.24 Å². The van der Waals surface area contributed by atoms with Crippen molar-refractivity contribution in [2.75, 3.05) is 26.0 Å². The molecule has 1 nitrogen and oxygen atoms in total. The molecule has 0 aliphatic heterocycles. The van der Waals surface area contributed by atoms with Gasteiger partial charge in [-0.15, -0.1) is 17.0 Å². The van der Waals surface area contributed by atoms with Crippen molar-refractivity contribution < 1.29 is 0 Å². The molecule has 3 rings (SSSR count). The molecule has 0 unspecified atom stereocenters. The minimum Gasteiger partial charge on any atom is -0.309 e. The minimum absolute atomic E-state index is 0. The van der Waals surface area contributed by atoms with Gasteiger partial charge in [-0.1, -0.05) is 107 Å². The number of halogens is 2. The van der Waals surface area contributed by atoms with Gasteiger partial charge in [0.15, 0.2) is 0 Å². The molecule has 3 aromatic rings. The highest BCUT2D eigenvalue weighted by atomic mass is 79.9. The van der Waals surface area contributed by atoms with Crippen molar-refractivity contribution in [3.05, 3.63) is 91.0 Å². The molecule has 4 heteroatoms. The Morgan fingerprint density at radius 2 is 1.00 bits per heavy atom. The van der Waals surface area contributed by atoms with Crippen LogP contribution < -0.4 is 15.9 Å². The Labute approximate surface area is 184 Å². The summed E-state index contributed by atoms with van der Waals surface area (Å²) in [5, 5.41) is 5.31. The van der Waals surface area contributed by atoms with Crippen LogP contribution in [0.25, 0.3) is 0 Å². The van der Waals surface area contributed by atoms with Crippen molar-refractivity contribution >= 4 is 56.7 Å². The molecule has 0 atom stereocenters. The number of benzene rings is 3. The third-order valence-corrected chi connectivity index (χ3v) is 6.79. The summed E-state index contributed by atoms with van der Waals surface area (Å²) in [6.45, 7) is 1.19. The molecule has 0 saturated heterocycles. The molecular weight excluding hydrogens is 481 g/mol. The molecule has 144 valence electrons. The highest BCUT2D eigenvalue weighted by Crippen LogP contribution is 2.32. The van der Waals surface area contributed by atoms with Crippen molar-refractivity contribution in [3.8, 4) is 0 Å². The number of nitrogens with zero attached hydrogens (tertiary/aromatic N) is 1. The summed E-state index contributed by atoms with van der Waals surface area (Å²) < 4.78 is 0. The summed E-state index contributed by atoms with van der Waals surface area (Å²) in [5.41, 5.74) is 0. The first-order valence-corrected chi connectivity index (χ1v) is 11.3. The molecule has 3 aromatic carbocycles. The summed E-state index contributed by atoms with van der Waals surface area (Å²) in [4.78, 5) is 2.18. The molecule has 0 aromatic heterocycles. The van der Waals surface area contributed by atoms with Crippen LogP contribution in [0.4, 0.5) is 0 Å². The monoisotopic (exact) mass is 507 g/mol. The fourth-order valence-electron chi connectivity index (χ4n) is 2.55. The van der Waals surface area contributed by atoms with E-state index in [1.54, 1.807) is 0 Å². The molecular formula is C23H28Br2NP. The van der Waals surface area contributed by atoms with E-state index in [1.807, 2.05) is 0 Å². The highest BCUT2D eigenvalue weighted by molar-refractivity contribution is 9.09. The standard InChI is InChI=1S/C18H15P.C5H12BrN.BrH/c1-4-10-16(11-5-1)19(17-12-6-2-7-13-17)18-14-8-3-9-15-18;1-7(2)5-3-4-6;/h1-15H;3-5H2,1-2H3;1H. The number of hydrogen-bond acceptors (Lipinski definition) is 1. The summed E-state index contributed by atoms with van der Waals surface area (Å²) in [5.74, 6) is 0. The molecule has 27 heavy (non-hydrogen) atoms. The Kier molecular flexibility index (Phi) is 12.5. The lowest BCUT2D eigenvalue weighted by Gasteiger charge is -2.18. The van der Waals surface area contributed by atoms with E-state index in [-0.39, 0.29) is 17.0 Å². The SMILES string of the molecule is Br.CN(C)CCCBr.c1ccc(P(c2ccccc2)c2ccccc2)cc1. The van der Waals surface area contributed by atoms with Gasteiger partial charge >= 0.3 is 0 Å². The van der Waals surface area contributed by atoms with Gasteiger partial charge in [0, 0.05) is 5.33 Å². The molecule has 0 bridgehead atoms. The normalized spacial score (nSPS) is 10.1. The first kappa shape index (κ1) is 24.0. The van der Waals surface area contributed by atoms with Gasteiger partial charge in [-0.3, -0.25) is 0 Å². The second kappa shape index (κ2) is 14.1. The van der Waals surface area contributed by atoms with E-state index in [0.29, 0.717) is 0 Å². The van der Waals surface area contributed by atoms with Crippen LogP contribution in [-0.4, -0.2) is 30.9 Å². The molecule has 0 saturated carbocycles. The van der Waals surface area contributed by atoms with Gasteiger partial charge in [0.25, 0.3) is 0 Å². The highest BCUT2D eigenvalue weighted by Gasteiger charge is 2.14. The van der Waals surface area contributed by atoms with Crippen LogP contribution in [0.1, 0.15) is 6.42 Å². The van der Waals surface area contributed by atoms with Gasteiger partial charge in [-0.05, 0) is 50.9 Å². The predicted octanol–water partition coefficient (Wildman–Crippen LogP) is 5.36. The zero-order valence-electron chi connectivity index (χ0n) is 16.0. The maximum atomic E-state index is 3.35. The largest absolute Gasteiger partial charge is 0.309 e. The van der Waals surface area contributed by atoms with Crippen LogP contribution in [0.5, 0.6) is 0 Å². The minimum atomic E-state index is -0.446. The Morgan fingerprint density at radius 3 is 1.22 bits per heavy atom. The average Bonchev–Trinajstić information content (AvgIpc) is 2.70. The summed E-state index contributed by atoms with van der Waals surface area (Å²) in [7, 11) is 3.73. The van der Waals surface area contributed by atoms with Gasteiger partial charge in [0.1, 0.15) is 0 Å². The van der Waals surface area contributed by atoms with E-state index >= 15 is 0 Å². The lowest BCUT2D eigenvalue weighted by atomic mass is 10.4. The zero-order chi connectivity index (χ0) is 18.6. The van der Waals surface area contributed by atoms with Crippen molar-refractivity contribution in [1.82, 2.24) is 4.90 Å². The van der Waals surface area contributed by atoms with Gasteiger partial charge in [-0.2, -0.15) is 0 Å². The lowest BCUT2D eigenvalue weighted by molar-refractivity contribution is 0.410. The van der Waals surface area contributed by atoms with Crippen LogP contribution in [0.15, 0.2) is 91.0 Å². The van der Waals surface area contributed by atoms with Crippen LogP contribution in [0.3, 0.4) is 0 Å². The number of rotatable bonds is 6. The second-order valence-electron chi connectivity index (χ2n) is 6.19. The van der Waals surface area contributed by atoms with Crippen LogP contribution in [0, 0.1) is 0 Å². The Morgan fingerprint density at radius 1 is 0.667 bits per heavy atom. The molecule has 0 N–H and O–H groups in total. The third kappa shape index (κ3) is 8.70. The van der Waals surface area contributed by atoms with Crippen LogP contribution >= 0.6 is 40.8 Å². The van der Waals surface area contributed by atoms with E-state index in [4.69, 9.17) is 0 Å². The maximum Gasteiger partial charge on any atom is 0.00434 e. The summed E-state index contributed by atoms with van der Waals surface area (Å²) >= 11 is 3.35. The Bertz CT molecular complexity index is 627.